The second-order valence-corrected chi connectivity index (χ2v) is 17.4. The van der Waals surface area contributed by atoms with Crippen LogP contribution in [0, 0.1) is 29.1 Å². The molecule has 9 nitrogen and oxygen atoms in total. The number of esters is 1. The van der Waals surface area contributed by atoms with Gasteiger partial charge in [0.2, 0.25) is 5.91 Å². The third-order valence-corrected chi connectivity index (χ3v) is 13.6. The van der Waals surface area contributed by atoms with Crippen LogP contribution in [0.4, 0.5) is 4.79 Å². The molecule has 0 aromatic rings. The third kappa shape index (κ3) is 5.78. The minimum atomic E-state index is -3.56. The zero-order valence-electron chi connectivity index (χ0n) is 26.2. The first-order valence-electron chi connectivity index (χ1n) is 15.4. The Labute approximate surface area is 246 Å². The average Bonchev–Trinajstić information content (AvgIpc) is 3.22. The summed E-state index contributed by atoms with van der Waals surface area (Å²) in [6.45, 7) is 13.8. The number of nitrogens with zero attached hydrogens (tertiary/aromatic N) is 1. The van der Waals surface area contributed by atoms with Gasteiger partial charge in [-0.2, -0.15) is 0 Å². The highest BCUT2D eigenvalue weighted by Gasteiger charge is 2.70. The fourth-order valence-electron chi connectivity index (χ4n) is 7.71. The molecule has 41 heavy (non-hydrogen) atoms. The first-order chi connectivity index (χ1) is 19.0. The van der Waals surface area contributed by atoms with E-state index in [9.17, 15) is 22.8 Å². The number of piperidine rings is 1. The van der Waals surface area contributed by atoms with E-state index < -0.39 is 44.2 Å². The number of urea groups is 1. The number of fused-ring (bicyclic) bond motifs is 1. The summed E-state index contributed by atoms with van der Waals surface area (Å²) in [7, 11) is -2.21. The number of rotatable bonds is 7. The van der Waals surface area contributed by atoms with Crippen LogP contribution in [0.3, 0.4) is 0 Å². The lowest BCUT2D eigenvalue weighted by Crippen LogP contribution is -2.66. The molecule has 3 fully saturated rings. The number of amides is 3. The number of sulfone groups is 1. The van der Waals surface area contributed by atoms with Crippen molar-refractivity contribution in [2.45, 2.75) is 116 Å². The average molecular weight is 594 g/mol. The van der Waals surface area contributed by atoms with Crippen LogP contribution >= 0.6 is 0 Å². The van der Waals surface area contributed by atoms with Crippen LogP contribution in [0.15, 0.2) is 11.6 Å². The van der Waals surface area contributed by atoms with Crippen LogP contribution < -0.4 is 10.6 Å². The highest BCUT2D eigenvalue weighted by atomic mass is 32.2. The van der Waals surface area contributed by atoms with Crippen LogP contribution in [0.25, 0.3) is 0 Å². The predicted molar refractivity (Wildman–Crippen MR) is 159 cm³/mol. The molecule has 7 atom stereocenters. The number of carbonyl (C=O) groups excluding carboxylic acids is 3. The van der Waals surface area contributed by atoms with Crippen molar-refractivity contribution >= 4 is 27.7 Å². The van der Waals surface area contributed by atoms with Gasteiger partial charge in [-0.1, -0.05) is 40.2 Å². The van der Waals surface area contributed by atoms with Crippen LogP contribution in [0.2, 0.25) is 0 Å². The van der Waals surface area contributed by atoms with Gasteiger partial charge in [0.25, 0.3) is 0 Å². The van der Waals surface area contributed by atoms with Crippen molar-refractivity contribution in [2.75, 3.05) is 19.4 Å². The molecule has 2 N–H and O–H groups in total. The lowest BCUT2D eigenvalue weighted by Gasteiger charge is -2.48. The molecule has 2 saturated carbocycles. The second-order valence-electron chi connectivity index (χ2n) is 14.6. The first kappa shape index (κ1) is 31.8. The number of ether oxygens (including phenoxy) is 1. The van der Waals surface area contributed by atoms with Gasteiger partial charge >= 0.3 is 12.0 Å². The normalized spacial score (nSPS) is 33.7. The molecule has 232 valence electrons. The molecule has 4 aliphatic rings. The molecular formula is C31H51N3O6S. The van der Waals surface area contributed by atoms with Gasteiger partial charge in [0, 0.05) is 12.5 Å². The topological polar surface area (TPSA) is 122 Å². The molecule has 0 aromatic carbocycles. The van der Waals surface area contributed by atoms with Gasteiger partial charge < -0.3 is 20.3 Å². The predicted octanol–water partition coefficient (Wildman–Crippen LogP) is 4.22. The zero-order valence-corrected chi connectivity index (χ0v) is 27.0. The minimum Gasteiger partial charge on any atom is -0.467 e. The van der Waals surface area contributed by atoms with Gasteiger partial charge in [0.1, 0.15) is 12.1 Å². The lowest BCUT2D eigenvalue weighted by atomic mass is 9.68. The first-order valence-corrected chi connectivity index (χ1v) is 17.0. The van der Waals surface area contributed by atoms with Gasteiger partial charge in [-0.25, -0.2) is 18.0 Å². The zero-order chi connectivity index (χ0) is 30.5. The summed E-state index contributed by atoms with van der Waals surface area (Å²) < 4.78 is 31.1. The Kier molecular flexibility index (Phi) is 8.69. The number of methoxy groups -OCH3 is 1. The van der Waals surface area contributed by atoms with Crippen molar-refractivity contribution in [2.24, 2.45) is 29.1 Å². The molecule has 10 heteroatoms. The second kappa shape index (κ2) is 11.2. The number of allylic oxidation sites excluding steroid dienone is 1. The summed E-state index contributed by atoms with van der Waals surface area (Å²) in [6, 6.07) is -2.14. The highest BCUT2D eigenvalue weighted by Crippen LogP contribution is 2.65. The number of likely N-dealkylation sites (tertiary alicyclic amines) is 1. The van der Waals surface area contributed by atoms with E-state index in [2.05, 4.69) is 24.5 Å². The van der Waals surface area contributed by atoms with E-state index in [4.69, 9.17) is 4.74 Å². The summed E-state index contributed by atoms with van der Waals surface area (Å²) in [5.41, 5.74) is -0.157. The number of nitrogens with one attached hydrogen (secondary N) is 2. The van der Waals surface area contributed by atoms with E-state index in [-0.39, 0.29) is 40.7 Å². The Morgan fingerprint density at radius 1 is 1.10 bits per heavy atom. The molecule has 3 amide bonds. The summed E-state index contributed by atoms with van der Waals surface area (Å²) in [5, 5.41) is 6.10. The largest absolute Gasteiger partial charge is 0.467 e. The summed E-state index contributed by atoms with van der Waals surface area (Å²) in [4.78, 5) is 42.5. The SMILES string of the molecule is COC(=O)[C@@H]1[C@@H]2[C@H](CN1C(=O)[C@@H](NC(=O)NC1(CS(=O)(=O)C(C)(C)C)[C@H](C)CCC[C@@H]1C)C1=CCCCC1)C2(C)C. The summed E-state index contributed by atoms with van der Waals surface area (Å²) in [5.74, 6) is -0.761. The molecule has 1 heterocycles. The van der Waals surface area contributed by atoms with Crippen molar-refractivity contribution in [3.05, 3.63) is 11.6 Å². The van der Waals surface area contributed by atoms with Crippen molar-refractivity contribution in [1.82, 2.24) is 15.5 Å². The van der Waals surface area contributed by atoms with E-state index in [0.717, 1.165) is 44.1 Å². The van der Waals surface area contributed by atoms with Crippen molar-refractivity contribution < 1.29 is 27.5 Å². The Hall–Kier alpha value is -2.10. The molecule has 0 spiro atoms. The van der Waals surface area contributed by atoms with Gasteiger partial charge in [-0.3, -0.25) is 4.79 Å². The van der Waals surface area contributed by atoms with Crippen LogP contribution in [-0.2, 0) is 24.2 Å². The molecule has 1 unspecified atom stereocenters. The molecule has 3 aliphatic carbocycles. The Morgan fingerprint density at radius 3 is 2.27 bits per heavy atom. The molecular weight excluding hydrogens is 542 g/mol. The quantitative estimate of drug-likeness (QED) is 0.337. The van der Waals surface area contributed by atoms with Gasteiger partial charge in [-0.05, 0) is 88.0 Å². The Bertz CT molecular complexity index is 1180. The number of hydrogen-bond acceptors (Lipinski definition) is 6. The monoisotopic (exact) mass is 593 g/mol. The van der Waals surface area contributed by atoms with E-state index in [1.165, 1.54) is 7.11 Å². The molecule has 1 aliphatic heterocycles. The Morgan fingerprint density at radius 2 is 1.73 bits per heavy atom. The Balaban J connectivity index is 1.62. The van der Waals surface area contributed by atoms with Crippen LogP contribution in [0.1, 0.15) is 93.4 Å². The molecule has 4 rings (SSSR count). The molecule has 0 radical (unpaired) electrons. The van der Waals surface area contributed by atoms with Gasteiger partial charge in [0.15, 0.2) is 9.84 Å². The fraction of sp³-hybridized carbons (Fsp3) is 0.839. The van der Waals surface area contributed by atoms with Gasteiger partial charge in [0.05, 0.1) is 23.1 Å². The van der Waals surface area contributed by atoms with E-state index in [1.807, 2.05) is 19.9 Å². The maximum absolute atomic E-state index is 14.2. The minimum absolute atomic E-state index is 0.0310. The van der Waals surface area contributed by atoms with Crippen molar-refractivity contribution in [1.29, 1.82) is 0 Å². The fourth-order valence-corrected chi connectivity index (χ4v) is 9.42. The van der Waals surface area contributed by atoms with Crippen LogP contribution in [0.5, 0.6) is 0 Å². The molecule has 0 bridgehead atoms. The highest BCUT2D eigenvalue weighted by molar-refractivity contribution is 7.92. The number of hydrogen-bond donors (Lipinski definition) is 2. The molecule has 0 aromatic heterocycles. The molecule has 1 saturated heterocycles. The summed E-state index contributed by atoms with van der Waals surface area (Å²) in [6.07, 6.45) is 8.07. The van der Waals surface area contributed by atoms with Crippen molar-refractivity contribution in [3.63, 3.8) is 0 Å². The van der Waals surface area contributed by atoms with Crippen molar-refractivity contribution in [3.8, 4) is 0 Å². The summed E-state index contributed by atoms with van der Waals surface area (Å²) >= 11 is 0. The standard InChI is InChI=1S/C31H51N3O6S/c1-19-13-12-14-20(2)31(19,18-41(38,39)29(3,4)5)33-28(37)32-24(21-15-10-9-11-16-21)26(35)34-17-22-23(30(22,6)7)25(34)27(36)40-8/h15,19-20,22-25H,9-14,16-18H2,1-8H3,(H2,32,33,37)/t19-,20+,22-,23-,24-,25-,31?/m0/s1. The third-order valence-electron chi connectivity index (χ3n) is 10.9. The smallest absolute Gasteiger partial charge is 0.328 e. The van der Waals surface area contributed by atoms with E-state index in [0.29, 0.717) is 13.0 Å². The van der Waals surface area contributed by atoms with Crippen LogP contribution in [-0.4, -0.2) is 73.0 Å². The van der Waals surface area contributed by atoms with Gasteiger partial charge in [-0.15, -0.1) is 0 Å². The van der Waals surface area contributed by atoms with E-state index in [1.54, 1.807) is 25.7 Å². The lowest BCUT2D eigenvalue weighted by molar-refractivity contribution is -0.153. The maximum atomic E-state index is 14.2. The maximum Gasteiger partial charge on any atom is 0.328 e. The number of carbonyl (C=O) groups is 3. The van der Waals surface area contributed by atoms with E-state index >= 15 is 0 Å².